The fraction of sp³-hybridized carbons (Fsp3) is 0.471. The Morgan fingerprint density at radius 2 is 1.78 bits per heavy atom. The van der Waals surface area contributed by atoms with Crippen LogP contribution in [0.15, 0.2) is 36.7 Å². The first kappa shape index (κ1) is 17.1. The molecule has 3 heterocycles. The van der Waals surface area contributed by atoms with E-state index >= 15 is 0 Å². The van der Waals surface area contributed by atoms with Gasteiger partial charge in [-0.3, -0.25) is 9.88 Å². The lowest BCUT2D eigenvalue weighted by Gasteiger charge is -2.50. The van der Waals surface area contributed by atoms with Gasteiger partial charge in [-0.2, -0.15) is 0 Å². The first-order valence-corrected chi connectivity index (χ1v) is 7.75. The Kier molecular flexibility index (Phi) is 5.87. The van der Waals surface area contributed by atoms with Crippen LogP contribution in [0.1, 0.15) is 37.3 Å². The van der Waals surface area contributed by atoms with Gasteiger partial charge in [0.05, 0.1) is 0 Å². The summed E-state index contributed by atoms with van der Waals surface area (Å²) in [6, 6.07) is 5.74. The highest BCUT2D eigenvalue weighted by atomic mass is 16.4. The average molecular weight is 318 g/mol. The number of piperidine rings is 2. The van der Waals surface area contributed by atoms with Crippen molar-refractivity contribution in [1.29, 1.82) is 0 Å². The molecule has 1 saturated carbocycles. The Hall–Kier alpha value is -2.21. The Balaban J connectivity index is 0.000000207. The van der Waals surface area contributed by atoms with E-state index in [0.717, 1.165) is 12.0 Å². The molecule has 2 saturated heterocycles. The zero-order valence-electron chi connectivity index (χ0n) is 13.1. The molecule has 124 valence electrons. The van der Waals surface area contributed by atoms with Gasteiger partial charge < -0.3 is 10.2 Å². The van der Waals surface area contributed by atoms with Crippen LogP contribution in [0.2, 0.25) is 0 Å². The summed E-state index contributed by atoms with van der Waals surface area (Å²) in [6.07, 6.45) is 10.6. The lowest BCUT2D eigenvalue weighted by atomic mass is 9.73. The molecule has 6 nitrogen and oxygen atoms in total. The van der Waals surface area contributed by atoms with Gasteiger partial charge >= 0.3 is 11.9 Å². The third-order valence-corrected chi connectivity index (χ3v) is 4.60. The van der Waals surface area contributed by atoms with Gasteiger partial charge in [0.1, 0.15) is 0 Å². The summed E-state index contributed by atoms with van der Waals surface area (Å²) >= 11 is 0. The van der Waals surface area contributed by atoms with Gasteiger partial charge in [-0.25, -0.2) is 9.59 Å². The largest absolute Gasteiger partial charge is 0.478 e. The van der Waals surface area contributed by atoms with E-state index in [0.29, 0.717) is 18.2 Å². The first-order valence-electron chi connectivity index (χ1n) is 7.75. The summed E-state index contributed by atoms with van der Waals surface area (Å²) in [7, 11) is 2.29. The highest BCUT2D eigenvalue weighted by molar-refractivity contribution is 5.89. The van der Waals surface area contributed by atoms with Crippen molar-refractivity contribution >= 4 is 11.9 Å². The minimum absolute atomic E-state index is 0.558. The van der Waals surface area contributed by atoms with E-state index in [4.69, 9.17) is 10.2 Å². The Morgan fingerprint density at radius 3 is 2.22 bits per heavy atom. The van der Waals surface area contributed by atoms with Gasteiger partial charge in [-0.1, -0.05) is 6.07 Å². The molecule has 4 rings (SSSR count). The normalized spacial score (nSPS) is 26.6. The van der Waals surface area contributed by atoms with E-state index in [9.17, 15) is 9.59 Å². The highest BCUT2D eigenvalue weighted by Crippen LogP contribution is 2.46. The van der Waals surface area contributed by atoms with E-state index in [1.165, 1.54) is 31.2 Å². The number of carboxylic acid groups (broad SMARTS) is 2. The number of hydrogen-bond acceptors (Lipinski definition) is 4. The minimum Gasteiger partial charge on any atom is -0.478 e. The number of aromatic nitrogens is 1. The third-order valence-electron chi connectivity index (χ3n) is 4.60. The summed E-state index contributed by atoms with van der Waals surface area (Å²) in [5.41, 5.74) is 1.41. The van der Waals surface area contributed by atoms with E-state index in [2.05, 4.69) is 29.1 Å². The lowest BCUT2D eigenvalue weighted by Crippen LogP contribution is -2.47. The van der Waals surface area contributed by atoms with Crippen molar-refractivity contribution in [1.82, 2.24) is 9.88 Å². The second kappa shape index (κ2) is 7.87. The molecule has 0 aromatic carbocycles. The van der Waals surface area contributed by atoms with Gasteiger partial charge in [-0.15, -0.1) is 0 Å². The van der Waals surface area contributed by atoms with Crippen LogP contribution < -0.4 is 0 Å². The van der Waals surface area contributed by atoms with Crippen molar-refractivity contribution in [2.24, 2.45) is 5.92 Å². The number of pyridine rings is 1. The number of nitrogens with zero attached hydrogens (tertiary/aromatic N) is 2. The molecular weight excluding hydrogens is 296 g/mol. The van der Waals surface area contributed by atoms with Crippen LogP contribution in [0.5, 0.6) is 0 Å². The van der Waals surface area contributed by atoms with Crippen LogP contribution in [0.25, 0.3) is 0 Å². The molecule has 2 aliphatic heterocycles. The number of carbonyl (C=O) groups is 2. The van der Waals surface area contributed by atoms with Gasteiger partial charge in [0.15, 0.2) is 0 Å². The molecule has 1 aromatic rings. The number of hydrogen-bond donors (Lipinski definition) is 2. The molecule has 6 heteroatoms. The van der Waals surface area contributed by atoms with Gasteiger partial charge in [-0.05, 0) is 50.3 Å². The van der Waals surface area contributed by atoms with Crippen molar-refractivity contribution in [3.8, 4) is 0 Å². The molecule has 3 fully saturated rings. The van der Waals surface area contributed by atoms with Crippen LogP contribution in [-0.4, -0.2) is 45.1 Å². The van der Waals surface area contributed by atoms with Gasteiger partial charge in [0.2, 0.25) is 0 Å². The van der Waals surface area contributed by atoms with Crippen LogP contribution in [-0.2, 0) is 9.59 Å². The Labute approximate surface area is 135 Å². The second-order valence-electron chi connectivity index (χ2n) is 5.98. The zero-order chi connectivity index (χ0) is 16.8. The molecule has 3 aliphatic rings. The van der Waals surface area contributed by atoms with Crippen LogP contribution >= 0.6 is 0 Å². The van der Waals surface area contributed by atoms with Crippen molar-refractivity contribution in [2.75, 3.05) is 7.05 Å². The first-order chi connectivity index (χ1) is 11.0. The zero-order valence-corrected chi connectivity index (χ0v) is 13.1. The van der Waals surface area contributed by atoms with E-state index < -0.39 is 11.9 Å². The Morgan fingerprint density at radius 1 is 1.17 bits per heavy atom. The molecule has 1 aromatic heterocycles. The predicted octanol–water partition coefficient (Wildman–Crippen LogP) is 2.34. The number of carboxylic acids is 2. The molecule has 0 amide bonds. The summed E-state index contributed by atoms with van der Waals surface area (Å²) in [6.45, 7) is 0. The third kappa shape index (κ3) is 4.63. The molecule has 0 radical (unpaired) electrons. The average Bonchev–Trinajstić information content (AvgIpc) is 2.55. The standard InChI is InChI=1S/C13H18N2.C4H4O4/c1-15-12-6-4-10(5-7-12)13(15)11-3-2-8-14-9-11;5-3(6)1-2-4(7)8/h2-3,8-10,12-13H,4-7H2,1H3;1-2H,(H,5,6)(H,7,8)/b;2-1+. The maximum Gasteiger partial charge on any atom is 0.328 e. The van der Waals surface area contributed by atoms with Gasteiger partial charge in [0, 0.05) is 36.6 Å². The van der Waals surface area contributed by atoms with Gasteiger partial charge in [0.25, 0.3) is 0 Å². The molecule has 0 spiro atoms. The molecule has 2 N–H and O–H groups in total. The van der Waals surface area contributed by atoms with Crippen molar-refractivity contribution in [3.63, 3.8) is 0 Å². The van der Waals surface area contributed by atoms with Crippen LogP contribution in [0.3, 0.4) is 0 Å². The molecular formula is C17H22N2O4. The number of rotatable bonds is 3. The monoisotopic (exact) mass is 318 g/mol. The fourth-order valence-electron chi connectivity index (χ4n) is 3.59. The molecule has 23 heavy (non-hydrogen) atoms. The fourth-order valence-corrected chi connectivity index (χ4v) is 3.59. The number of fused-ring (bicyclic) bond motifs is 3. The molecule has 1 atom stereocenters. The van der Waals surface area contributed by atoms with Crippen LogP contribution in [0.4, 0.5) is 0 Å². The summed E-state index contributed by atoms with van der Waals surface area (Å²) in [5, 5.41) is 15.6. The van der Waals surface area contributed by atoms with Crippen LogP contribution in [0, 0.1) is 5.92 Å². The topological polar surface area (TPSA) is 90.7 Å². The molecule has 2 bridgehead atoms. The smallest absolute Gasteiger partial charge is 0.328 e. The SMILES string of the molecule is CN1C2CCC(CC2)C1c1cccnc1.O=C(O)/C=C/C(=O)O. The van der Waals surface area contributed by atoms with E-state index in [-0.39, 0.29) is 0 Å². The molecule has 1 unspecified atom stereocenters. The minimum atomic E-state index is -1.26. The van der Waals surface area contributed by atoms with E-state index in [1.807, 2.05) is 12.4 Å². The quantitative estimate of drug-likeness (QED) is 0.831. The number of aliphatic carboxylic acids is 2. The maximum absolute atomic E-state index is 9.55. The summed E-state index contributed by atoms with van der Waals surface area (Å²) in [5.74, 6) is -1.65. The Bertz CT molecular complexity index is 547. The lowest BCUT2D eigenvalue weighted by molar-refractivity contribution is -0.134. The molecule has 1 aliphatic carbocycles. The van der Waals surface area contributed by atoms with E-state index in [1.54, 1.807) is 0 Å². The summed E-state index contributed by atoms with van der Waals surface area (Å²) < 4.78 is 0. The summed E-state index contributed by atoms with van der Waals surface area (Å²) in [4.78, 5) is 25.9. The van der Waals surface area contributed by atoms with Crippen molar-refractivity contribution < 1.29 is 19.8 Å². The van der Waals surface area contributed by atoms with Crippen molar-refractivity contribution in [2.45, 2.75) is 37.8 Å². The maximum atomic E-state index is 9.55. The predicted molar refractivity (Wildman–Crippen MR) is 84.9 cm³/mol. The van der Waals surface area contributed by atoms with Crippen molar-refractivity contribution in [3.05, 3.63) is 42.2 Å². The second-order valence-corrected chi connectivity index (χ2v) is 5.98. The highest BCUT2D eigenvalue weighted by Gasteiger charge is 2.40.